The van der Waals surface area contributed by atoms with Gasteiger partial charge in [0.2, 0.25) is 0 Å². The molecule has 9 heteroatoms. The number of pyridine rings is 1. The first kappa shape index (κ1) is 23.2. The van der Waals surface area contributed by atoms with E-state index in [2.05, 4.69) is 51.8 Å². The highest BCUT2D eigenvalue weighted by atomic mass is 35.5. The summed E-state index contributed by atoms with van der Waals surface area (Å²) in [4.78, 5) is 17.9. The number of hydrogen-bond acceptors (Lipinski definition) is 5. The molecule has 1 amide bonds. The summed E-state index contributed by atoms with van der Waals surface area (Å²) in [5.74, 6) is 1.35. The molecular formula is C27H30ClN7O. The van der Waals surface area contributed by atoms with E-state index in [4.69, 9.17) is 11.6 Å². The van der Waals surface area contributed by atoms with Gasteiger partial charge < -0.3 is 15.2 Å². The second-order valence-corrected chi connectivity index (χ2v) is 11.2. The number of nitrogens with one attached hydrogen (secondary N) is 2. The van der Waals surface area contributed by atoms with Crippen molar-refractivity contribution in [1.82, 2.24) is 29.5 Å². The van der Waals surface area contributed by atoms with Crippen LogP contribution in [0.1, 0.15) is 66.8 Å². The predicted molar refractivity (Wildman–Crippen MR) is 139 cm³/mol. The predicted octanol–water partition coefficient (Wildman–Crippen LogP) is 4.73. The van der Waals surface area contributed by atoms with E-state index in [1.165, 1.54) is 12.8 Å². The average Bonchev–Trinajstić information content (AvgIpc) is 3.23. The molecular weight excluding hydrogens is 474 g/mol. The molecule has 4 aromatic rings. The summed E-state index contributed by atoms with van der Waals surface area (Å²) in [6.45, 7) is 5.13. The highest BCUT2D eigenvalue weighted by Gasteiger charge is 2.48. The van der Waals surface area contributed by atoms with Crippen LogP contribution in [0.2, 0.25) is 5.15 Å². The van der Waals surface area contributed by atoms with Crippen molar-refractivity contribution in [3.8, 4) is 0 Å². The van der Waals surface area contributed by atoms with E-state index >= 15 is 0 Å². The number of benzene rings is 1. The molecule has 1 aromatic carbocycles. The molecule has 2 fully saturated rings. The maximum Gasteiger partial charge on any atom is 0.259 e. The number of carbonyl (C=O) groups excluding carboxylic acids is 1. The van der Waals surface area contributed by atoms with Crippen LogP contribution in [0.3, 0.4) is 0 Å². The Morgan fingerprint density at radius 3 is 2.75 bits per heavy atom. The van der Waals surface area contributed by atoms with Gasteiger partial charge in [-0.3, -0.25) is 9.20 Å². The molecule has 36 heavy (non-hydrogen) atoms. The normalized spacial score (nSPS) is 22.4. The Bertz CT molecular complexity index is 1460. The number of aromatic nitrogens is 5. The fraction of sp³-hybridized carbons (Fsp3) is 0.407. The van der Waals surface area contributed by atoms with Crippen LogP contribution in [-0.4, -0.2) is 35.6 Å². The SMILES string of the molecule is CC1CC(c2cccc(NC(=O)c3cc(CNC4(C)CC4)cn4c(Cl)cnc34)c2)(c2nncn2C)C1. The van der Waals surface area contributed by atoms with E-state index in [0.29, 0.717) is 28.8 Å². The van der Waals surface area contributed by atoms with Crippen molar-refractivity contribution in [2.24, 2.45) is 13.0 Å². The van der Waals surface area contributed by atoms with Crippen molar-refractivity contribution in [3.05, 3.63) is 76.7 Å². The Balaban J connectivity index is 1.30. The minimum atomic E-state index is -0.214. The molecule has 3 heterocycles. The number of halogens is 1. The molecule has 186 valence electrons. The lowest BCUT2D eigenvalue weighted by molar-refractivity contribution is 0.102. The fourth-order valence-electron chi connectivity index (χ4n) is 5.55. The molecule has 0 aliphatic heterocycles. The second-order valence-electron chi connectivity index (χ2n) is 10.8. The molecule has 0 bridgehead atoms. The van der Waals surface area contributed by atoms with Crippen molar-refractivity contribution < 1.29 is 4.79 Å². The summed E-state index contributed by atoms with van der Waals surface area (Å²) in [6.07, 6.45) is 9.60. The molecule has 0 radical (unpaired) electrons. The highest BCUT2D eigenvalue weighted by Crippen LogP contribution is 2.51. The van der Waals surface area contributed by atoms with Crippen LogP contribution in [0.5, 0.6) is 0 Å². The number of rotatable bonds is 7. The Kier molecular flexibility index (Phi) is 5.42. The summed E-state index contributed by atoms with van der Waals surface area (Å²) in [6, 6.07) is 10.00. The number of hydrogen-bond donors (Lipinski definition) is 2. The number of amides is 1. The largest absolute Gasteiger partial charge is 0.322 e. The van der Waals surface area contributed by atoms with Crippen LogP contribution in [-0.2, 0) is 19.0 Å². The third-order valence-electron chi connectivity index (χ3n) is 7.79. The highest BCUT2D eigenvalue weighted by molar-refractivity contribution is 6.30. The maximum atomic E-state index is 13.5. The van der Waals surface area contributed by atoms with Gasteiger partial charge in [0.25, 0.3) is 5.91 Å². The molecule has 2 aliphatic rings. The average molecular weight is 504 g/mol. The third kappa shape index (κ3) is 3.98. The molecule has 2 aliphatic carbocycles. The quantitative estimate of drug-likeness (QED) is 0.380. The minimum Gasteiger partial charge on any atom is -0.322 e. The Hall–Kier alpha value is -3.23. The smallest absolute Gasteiger partial charge is 0.259 e. The molecule has 0 spiro atoms. The van der Waals surface area contributed by atoms with E-state index in [0.717, 1.165) is 35.5 Å². The molecule has 0 unspecified atom stereocenters. The minimum absolute atomic E-state index is 0.189. The number of carbonyl (C=O) groups is 1. The lowest BCUT2D eigenvalue weighted by atomic mass is 9.58. The fourth-order valence-corrected chi connectivity index (χ4v) is 5.72. The van der Waals surface area contributed by atoms with Crippen molar-refractivity contribution in [1.29, 1.82) is 0 Å². The standard InChI is InChI=1S/C27H30ClN7O/c1-17-11-27(12-17,25-33-31-16-34(25)3)19-5-4-6-20(10-19)32-24(36)21-9-18(13-30-26(2)7-8-26)15-35-22(28)14-29-23(21)35/h4-6,9-10,14-17,30H,7-8,11-13H2,1-3H3,(H,32,36). The van der Waals surface area contributed by atoms with Gasteiger partial charge in [0.1, 0.15) is 17.3 Å². The van der Waals surface area contributed by atoms with Gasteiger partial charge in [-0.05, 0) is 67.9 Å². The Morgan fingerprint density at radius 2 is 2.06 bits per heavy atom. The van der Waals surface area contributed by atoms with Crippen LogP contribution in [0.4, 0.5) is 5.69 Å². The van der Waals surface area contributed by atoms with Crippen LogP contribution in [0.15, 0.2) is 49.1 Å². The van der Waals surface area contributed by atoms with Gasteiger partial charge in [-0.15, -0.1) is 10.2 Å². The first-order valence-electron chi connectivity index (χ1n) is 12.4. The number of anilines is 1. The van der Waals surface area contributed by atoms with E-state index in [1.54, 1.807) is 16.9 Å². The van der Waals surface area contributed by atoms with Crippen molar-refractivity contribution >= 4 is 28.8 Å². The van der Waals surface area contributed by atoms with Crippen LogP contribution < -0.4 is 10.6 Å². The van der Waals surface area contributed by atoms with Crippen molar-refractivity contribution in [2.75, 3.05) is 5.32 Å². The zero-order valence-electron chi connectivity index (χ0n) is 20.8. The molecule has 3 aromatic heterocycles. The number of aryl methyl sites for hydroxylation is 1. The number of imidazole rings is 1. The summed E-state index contributed by atoms with van der Waals surface area (Å²) in [7, 11) is 1.98. The molecule has 2 saturated carbocycles. The van der Waals surface area contributed by atoms with Gasteiger partial charge >= 0.3 is 0 Å². The van der Waals surface area contributed by atoms with Crippen LogP contribution in [0.25, 0.3) is 5.65 Å². The van der Waals surface area contributed by atoms with E-state index in [1.807, 2.05) is 36.0 Å². The van der Waals surface area contributed by atoms with Gasteiger partial charge in [0.15, 0.2) is 5.65 Å². The zero-order chi connectivity index (χ0) is 25.1. The Morgan fingerprint density at radius 1 is 1.25 bits per heavy atom. The summed E-state index contributed by atoms with van der Waals surface area (Å²) < 4.78 is 3.77. The summed E-state index contributed by atoms with van der Waals surface area (Å²) in [5.41, 5.74) is 3.89. The Labute approximate surface area is 215 Å². The van der Waals surface area contributed by atoms with Gasteiger partial charge in [-0.2, -0.15) is 0 Å². The molecule has 2 N–H and O–H groups in total. The lowest BCUT2D eigenvalue weighted by Crippen LogP contribution is -2.43. The van der Waals surface area contributed by atoms with Gasteiger partial charge in [0, 0.05) is 31.0 Å². The topological polar surface area (TPSA) is 89.1 Å². The van der Waals surface area contributed by atoms with Gasteiger partial charge in [-0.1, -0.05) is 30.7 Å². The van der Waals surface area contributed by atoms with E-state index in [9.17, 15) is 4.79 Å². The van der Waals surface area contributed by atoms with Crippen LogP contribution in [0, 0.1) is 5.92 Å². The van der Waals surface area contributed by atoms with Crippen LogP contribution >= 0.6 is 11.6 Å². The second kappa shape index (κ2) is 8.42. The first-order chi connectivity index (χ1) is 17.3. The first-order valence-corrected chi connectivity index (χ1v) is 12.8. The molecule has 0 saturated heterocycles. The third-order valence-corrected chi connectivity index (χ3v) is 8.07. The monoisotopic (exact) mass is 503 g/mol. The molecule has 8 nitrogen and oxygen atoms in total. The van der Waals surface area contributed by atoms with Gasteiger partial charge in [0.05, 0.1) is 17.2 Å². The lowest BCUT2D eigenvalue weighted by Gasteiger charge is -2.46. The zero-order valence-corrected chi connectivity index (χ0v) is 21.5. The maximum absolute atomic E-state index is 13.5. The molecule has 0 atom stereocenters. The summed E-state index contributed by atoms with van der Waals surface area (Å²) in [5, 5.41) is 15.7. The van der Waals surface area contributed by atoms with Crippen molar-refractivity contribution in [2.45, 2.75) is 57.0 Å². The number of fused-ring (bicyclic) bond motifs is 1. The van der Waals surface area contributed by atoms with E-state index in [-0.39, 0.29) is 16.9 Å². The molecule has 6 rings (SSSR count). The van der Waals surface area contributed by atoms with E-state index < -0.39 is 0 Å². The number of nitrogens with zero attached hydrogens (tertiary/aromatic N) is 5. The summed E-state index contributed by atoms with van der Waals surface area (Å²) >= 11 is 6.39. The van der Waals surface area contributed by atoms with Crippen molar-refractivity contribution in [3.63, 3.8) is 0 Å². The van der Waals surface area contributed by atoms with Gasteiger partial charge in [-0.25, -0.2) is 4.98 Å².